The van der Waals surface area contributed by atoms with Gasteiger partial charge < -0.3 is 9.73 Å². The van der Waals surface area contributed by atoms with Gasteiger partial charge in [-0.25, -0.2) is 4.98 Å². The maximum Gasteiger partial charge on any atom is 0.287 e. The Morgan fingerprint density at radius 1 is 1.11 bits per heavy atom. The average Bonchev–Trinajstić information content (AvgIpc) is 3.26. The van der Waals surface area contributed by atoms with Gasteiger partial charge in [-0.05, 0) is 31.9 Å². The zero-order valence-electron chi connectivity index (χ0n) is 15.3. The van der Waals surface area contributed by atoms with Crippen LogP contribution in [0.4, 0.5) is 0 Å². The maximum atomic E-state index is 12.5. The van der Waals surface area contributed by atoms with Gasteiger partial charge in [-0.3, -0.25) is 4.79 Å². The van der Waals surface area contributed by atoms with Gasteiger partial charge in [0.25, 0.3) is 5.91 Å². The summed E-state index contributed by atoms with van der Waals surface area (Å²) in [5.41, 5.74) is 4.93. The van der Waals surface area contributed by atoms with Crippen molar-refractivity contribution in [3.8, 4) is 11.3 Å². The molecule has 0 saturated carbocycles. The van der Waals surface area contributed by atoms with Gasteiger partial charge in [0, 0.05) is 28.4 Å². The topological polar surface area (TPSA) is 55.1 Å². The summed E-state index contributed by atoms with van der Waals surface area (Å²) in [5.74, 6) is 0.226. The Bertz CT molecular complexity index is 1090. The third-order valence-electron chi connectivity index (χ3n) is 4.62. The van der Waals surface area contributed by atoms with Crippen molar-refractivity contribution in [1.29, 1.82) is 0 Å². The fourth-order valence-corrected chi connectivity index (χ4v) is 3.75. The van der Waals surface area contributed by atoms with Crippen LogP contribution >= 0.6 is 11.3 Å². The molecule has 2 aromatic heterocycles. The largest absolute Gasteiger partial charge is 0.451 e. The molecule has 2 heterocycles. The molecule has 2 aromatic carbocycles. The predicted molar refractivity (Wildman–Crippen MR) is 109 cm³/mol. The van der Waals surface area contributed by atoms with Crippen LogP contribution in [0.2, 0.25) is 0 Å². The molecule has 0 fully saturated rings. The average molecular weight is 376 g/mol. The molecular formula is C22H20N2O2S. The number of thiazole rings is 1. The standard InChI is InChI=1S/C22H20N2O2S/c1-14-18-5-3-4-6-20(18)26-21(14)22(25)23-12-11-16-7-9-17(10-8-16)19-13-27-15(2)24-19/h3-10,13H,11-12H2,1-2H3,(H,23,25). The number of amides is 1. The Labute approximate surface area is 161 Å². The van der Waals surface area contributed by atoms with E-state index in [4.69, 9.17) is 4.42 Å². The third kappa shape index (κ3) is 3.64. The van der Waals surface area contributed by atoms with Gasteiger partial charge in [0.05, 0.1) is 10.7 Å². The molecule has 0 radical (unpaired) electrons. The van der Waals surface area contributed by atoms with Crippen molar-refractivity contribution in [3.63, 3.8) is 0 Å². The van der Waals surface area contributed by atoms with Crippen molar-refractivity contribution in [3.05, 3.63) is 75.8 Å². The summed E-state index contributed by atoms with van der Waals surface area (Å²) in [4.78, 5) is 17.0. The van der Waals surface area contributed by atoms with Crippen molar-refractivity contribution in [2.75, 3.05) is 6.54 Å². The van der Waals surface area contributed by atoms with Gasteiger partial charge in [-0.1, -0.05) is 42.5 Å². The molecule has 5 heteroatoms. The molecule has 0 spiro atoms. The number of para-hydroxylation sites is 1. The number of aryl methyl sites for hydroxylation is 2. The minimum atomic E-state index is -0.168. The first-order valence-corrected chi connectivity index (χ1v) is 9.77. The quantitative estimate of drug-likeness (QED) is 0.524. The second kappa shape index (κ2) is 7.37. The normalized spacial score (nSPS) is 11.0. The number of rotatable bonds is 5. The first-order valence-electron chi connectivity index (χ1n) is 8.89. The molecule has 1 N–H and O–H groups in total. The summed E-state index contributed by atoms with van der Waals surface area (Å²) < 4.78 is 5.71. The zero-order valence-corrected chi connectivity index (χ0v) is 16.1. The van der Waals surface area contributed by atoms with Crippen molar-refractivity contribution in [2.45, 2.75) is 20.3 Å². The third-order valence-corrected chi connectivity index (χ3v) is 5.39. The summed E-state index contributed by atoms with van der Waals surface area (Å²) in [7, 11) is 0. The van der Waals surface area contributed by atoms with Gasteiger partial charge in [-0.15, -0.1) is 11.3 Å². The fraction of sp³-hybridized carbons (Fsp3) is 0.182. The number of fused-ring (bicyclic) bond motifs is 1. The number of nitrogens with zero attached hydrogens (tertiary/aromatic N) is 1. The van der Waals surface area contributed by atoms with Crippen LogP contribution in [0, 0.1) is 13.8 Å². The molecule has 4 aromatic rings. The van der Waals surface area contributed by atoms with E-state index >= 15 is 0 Å². The molecule has 1 amide bonds. The molecule has 0 aliphatic rings. The molecule has 136 valence electrons. The SMILES string of the molecule is Cc1nc(-c2ccc(CCNC(=O)c3oc4ccccc4c3C)cc2)cs1. The predicted octanol–water partition coefficient (Wildman–Crippen LogP) is 5.15. The minimum absolute atomic E-state index is 0.168. The lowest BCUT2D eigenvalue weighted by Gasteiger charge is -2.05. The molecular weight excluding hydrogens is 356 g/mol. The highest BCUT2D eigenvalue weighted by Gasteiger charge is 2.16. The first kappa shape index (κ1) is 17.5. The number of carbonyl (C=O) groups is 1. The van der Waals surface area contributed by atoms with Crippen molar-refractivity contribution in [1.82, 2.24) is 10.3 Å². The number of carbonyl (C=O) groups excluding carboxylic acids is 1. The molecule has 0 aliphatic heterocycles. The van der Waals surface area contributed by atoms with Crippen molar-refractivity contribution < 1.29 is 9.21 Å². The Balaban J connectivity index is 1.37. The van der Waals surface area contributed by atoms with Gasteiger partial charge in [0.1, 0.15) is 5.58 Å². The van der Waals surface area contributed by atoms with Crippen LogP contribution in [0.1, 0.15) is 26.7 Å². The lowest BCUT2D eigenvalue weighted by atomic mass is 10.1. The fourth-order valence-electron chi connectivity index (χ4n) is 3.13. The molecule has 0 unspecified atom stereocenters. The molecule has 0 aliphatic carbocycles. The van der Waals surface area contributed by atoms with Crippen molar-refractivity contribution in [2.24, 2.45) is 0 Å². The Morgan fingerprint density at radius 3 is 2.59 bits per heavy atom. The number of benzene rings is 2. The van der Waals surface area contributed by atoms with Crippen LogP contribution < -0.4 is 5.32 Å². The van der Waals surface area contributed by atoms with Crippen LogP contribution in [0.15, 0.2) is 58.3 Å². The van der Waals surface area contributed by atoms with Crippen molar-refractivity contribution >= 4 is 28.2 Å². The number of furan rings is 1. The van der Waals surface area contributed by atoms with E-state index in [0.29, 0.717) is 12.3 Å². The zero-order chi connectivity index (χ0) is 18.8. The second-order valence-corrected chi connectivity index (χ2v) is 7.57. The first-order chi connectivity index (χ1) is 13.1. The summed E-state index contributed by atoms with van der Waals surface area (Å²) in [5, 5.41) is 7.07. The van der Waals surface area contributed by atoms with Gasteiger partial charge in [0.15, 0.2) is 5.76 Å². The Kier molecular flexibility index (Phi) is 4.77. The number of hydrogen-bond donors (Lipinski definition) is 1. The van der Waals surface area contributed by atoms with Gasteiger partial charge >= 0.3 is 0 Å². The summed E-state index contributed by atoms with van der Waals surface area (Å²) in [6, 6.07) is 16.0. The Hall–Kier alpha value is -2.92. The van der Waals surface area contributed by atoms with Gasteiger partial charge in [-0.2, -0.15) is 0 Å². The lowest BCUT2D eigenvalue weighted by Crippen LogP contribution is -2.25. The highest BCUT2D eigenvalue weighted by molar-refractivity contribution is 7.09. The monoisotopic (exact) mass is 376 g/mol. The number of nitrogens with one attached hydrogen (secondary N) is 1. The summed E-state index contributed by atoms with van der Waals surface area (Å²) in [6.45, 7) is 4.49. The molecule has 4 nitrogen and oxygen atoms in total. The number of aromatic nitrogens is 1. The van der Waals surface area contributed by atoms with Gasteiger partial charge in [0.2, 0.25) is 0 Å². The van der Waals surface area contributed by atoms with E-state index in [-0.39, 0.29) is 5.91 Å². The van der Waals surface area contributed by atoms with E-state index in [9.17, 15) is 4.79 Å². The van der Waals surface area contributed by atoms with E-state index in [0.717, 1.165) is 39.2 Å². The number of hydrogen-bond acceptors (Lipinski definition) is 4. The summed E-state index contributed by atoms with van der Waals surface area (Å²) >= 11 is 1.65. The second-order valence-electron chi connectivity index (χ2n) is 6.51. The molecule has 27 heavy (non-hydrogen) atoms. The molecule has 0 saturated heterocycles. The van der Waals surface area contributed by atoms with E-state index in [1.54, 1.807) is 11.3 Å². The summed E-state index contributed by atoms with van der Waals surface area (Å²) in [6.07, 6.45) is 0.765. The highest BCUT2D eigenvalue weighted by Crippen LogP contribution is 2.25. The van der Waals surface area contributed by atoms with E-state index in [1.165, 1.54) is 5.56 Å². The minimum Gasteiger partial charge on any atom is -0.451 e. The maximum absolute atomic E-state index is 12.5. The molecule has 4 rings (SSSR count). The van der Waals surface area contributed by atoms with E-state index in [1.807, 2.05) is 38.1 Å². The van der Waals surface area contributed by atoms with Crippen LogP contribution in [-0.2, 0) is 6.42 Å². The van der Waals surface area contributed by atoms with Crippen LogP contribution in [0.25, 0.3) is 22.2 Å². The molecule has 0 bridgehead atoms. The van der Waals surface area contributed by atoms with E-state index in [2.05, 4.69) is 39.9 Å². The Morgan fingerprint density at radius 2 is 1.89 bits per heavy atom. The molecule has 0 atom stereocenters. The van der Waals surface area contributed by atoms with Crippen LogP contribution in [-0.4, -0.2) is 17.4 Å². The lowest BCUT2D eigenvalue weighted by molar-refractivity contribution is 0.0928. The van der Waals surface area contributed by atoms with E-state index < -0.39 is 0 Å². The van der Waals surface area contributed by atoms with Crippen LogP contribution in [0.3, 0.4) is 0 Å². The smallest absolute Gasteiger partial charge is 0.287 e. The highest BCUT2D eigenvalue weighted by atomic mass is 32.1. The van der Waals surface area contributed by atoms with Crippen LogP contribution in [0.5, 0.6) is 0 Å².